The predicted molar refractivity (Wildman–Crippen MR) is 62.5 cm³/mol. The first kappa shape index (κ1) is 12.2. The lowest BCUT2D eigenvalue weighted by Crippen LogP contribution is -2.14. The molecule has 1 aromatic rings. The maximum atomic E-state index is 13.3. The minimum absolute atomic E-state index is 0.249. The molecule has 0 bridgehead atoms. The molecule has 1 rings (SSSR count). The van der Waals surface area contributed by atoms with Crippen LogP contribution in [0.3, 0.4) is 0 Å². The van der Waals surface area contributed by atoms with Gasteiger partial charge in [-0.2, -0.15) is 0 Å². The molecule has 0 fully saturated rings. The van der Waals surface area contributed by atoms with Crippen molar-refractivity contribution in [3.63, 3.8) is 0 Å². The van der Waals surface area contributed by atoms with E-state index in [9.17, 15) is 4.39 Å². The molecule has 0 atom stereocenters. The maximum Gasteiger partial charge on any atom is 0.129 e. The third kappa shape index (κ3) is 4.45. The Kier molecular flexibility index (Phi) is 5.37. The van der Waals surface area contributed by atoms with Gasteiger partial charge in [0.1, 0.15) is 5.82 Å². The third-order valence-electron chi connectivity index (χ3n) is 2.05. The van der Waals surface area contributed by atoms with Crippen LogP contribution >= 0.6 is 11.6 Å². The van der Waals surface area contributed by atoms with Gasteiger partial charge in [-0.1, -0.05) is 29.8 Å². The summed E-state index contributed by atoms with van der Waals surface area (Å²) in [6, 6.07) is 4.75. The summed E-state index contributed by atoms with van der Waals surface area (Å²) >= 11 is 5.65. The van der Waals surface area contributed by atoms with Crippen molar-refractivity contribution in [2.75, 3.05) is 6.54 Å². The second-order valence-corrected chi connectivity index (χ2v) is 3.71. The molecule has 0 amide bonds. The van der Waals surface area contributed by atoms with E-state index in [0.717, 1.165) is 13.0 Å². The van der Waals surface area contributed by atoms with Crippen LogP contribution in [-0.2, 0) is 6.54 Å². The van der Waals surface area contributed by atoms with Crippen LogP contribution in [0.15, 0.2) is 30.4 Å². The smallest absolute Gasteiger partial charge is 0.129 e. The molecule has 82 valence electrons. The van der Waals surface area contributed by atoms with Crippen LogP contribution in [0.2, 0.25) is 5.02 Å². The Bertz CT molecular complexity index is 336. The van der Waals surface area contributed by atoms with Gasteiger partial charge in [0, 0.05) is 17.1 Å². The molecule has 0 saturated heterocycles. The number of hydrogen-bond donors (Lipinski definition) is 1. The first-order valence-corrected chi connectivity index (χ1v) is 5.37. The van der Waals surface area contributed by atoms with Crippen LogP contribution in [-0.4, -0.2) is 6.54 Å². The minimum Gasteiger partial charge on any atom is -0.312 e. The van der Waals surface area contributed by atoms with E-state index in [0.29, 0.717) is 17.1 Å². The van der Waals surface area contributed by atoms with Gasteiger partial charge in [-0.15, -0.1) is 0 Å². The molecule has 1 aromatic carbocycles. The fourth-order valence-corrected chi connectivity index (χ4v) is 1.40. The molecule has 1 N–H and O–H groups in total. The number of benzene rings is 1. The van der Waals surface area contributed by atoms with Crippen molar-refractivity contribution in [2.24, 2.45) is 0 Å². The Hall–Kier alpha value is -0.860. The van der Waals surface area contributed by atoms with Gasteiger partial charge in [0.25, 0.3) is 0 Å². The molecule has 3 heteroatoms. The second kappa shape index (κ2) is 6.59. The monoisotopic (exact) mass is 227 g/mol. The van der Waals surface area contributed by atoms with Crippen molar-refractivity contribution >= 4 is 11.6 Å². The van der Waals surface area contributed by atoms with Crippen molar-refractivity contribution in [1.82, 2.24) is 5.32 Å². The van der Waals surface area contributed by atoms with Gasteiger partial charge in [-0.05, 0) is 32.0 Å². The zero-order chi connectivity index (χ0) is 11.1. The topological polar surface area (TPSA) is 12.0 Å². The largest absolute Gasteiger partial charge is 0.312 e. The molecule has 0 spiro atoms. The van der Waals surface area contributed by atoms with E-state index >= 15 is 0 Å². The number of allylic oxidation sites excluding steroid dienone is 1. The normalized spacial score (nSPS) is 11.1. The van der Waals surface area contributed by atoms with E-state index < -0.39 is 0 Å². The Labute approximate surface area is 95.0 Å². The van der Waals surface area contributed by atoms with Gasteiger partial charge in [0.2, 0.25) is 0 Å². The molecule has 0 unspecified atom stereocenters. The van der Waals surface area contributed by atoms with Crippen LogP contribution in [0.1, 0.15) is 18.9 Å². The van der Waals surface area contributed by atoms with E-state index in [2.05, 4.69) is 11.4 Å². The molecule has 0 aromatic heterocycles. The molecule has 0 saturated carbocycles. The van der Waals surface area contributed by atoms with Crippen molar-refractivity contribution < 1.29 is 4.39 Å². The first-order chi connectivity index (χ1) is 7.24. The van der Waals surface area contributed by atoms with Gasteiger partial charge in [0.15, 0.2) is 0 Å². The standard InChI is InChI=1S/C12H15ClFN/c1-2-3-4-7-15-9-10-5-6-11(13)8-12(10)14/h2-3,5-6,8,15H,4,7,9H2,1H3/b3-2+. The van der Waals surface area contributed by atoms with Gasteiger partial charge in [-0.3, -0.25) is 0 Å². The van der Waals surface area contributed by atoms with Crippen LogP contribution in [0, 0.1) is 5.82 Å². The number of nitrogens with one attached hydrogen (secondary N) is 1. The average Bonchev–Trinajstić information content (AvgIpc) is 2.20. The van der Waals surface area contributed by atoms with Crippen LogP contribution in [0.25, 0.3) is 0 Å². The van der Waals surface area contributed by atoms with Crippen molar-refractivity contribution in [3.8, 4) is 0 Å². The molecule has 0 aliphatic carbocycles. The lowest BCUT2D eigenvalue weighted by Gasteiger charge is -2.04. The van der Waals surface area contributed by atoms with E-state index in [1.54, 1.807) is 12.1 Å². The summed E-state index contributed by atoms with van der Waals surface area (Å²) in [5.74, 6) is -0.249. The van der Waals surface area contributed by atoms with Crippen molar-refractivity contribution in [3.05, 3.63) is 46.8 Å². The van der Waals surface area contributed by atoms with Crippen LogP contribution in [0.5, 0.6) is 0 Å². The van der Waals surface area contributed by atoms with Crippen LogP contribution in [0.4, 0.5) is 4.39 Å². The zero-order valence-electron chi connectivity index (χ0n) is 8.76. The molecular weight excluding hydrogens is 213 g/mol. The van der Waals surface area contributed by atoms with Gasteiger partial charge < -0.3 is 5.32 Å². The predicted octanol–water partition coefficient (Wildman–Crippen LogP) is 3.53. The molecule has 15 heavy (non-hydrogen) atoms. The van der Waals surface area contributed by atoms with Gasteiger partial charge in [0.05, 0.1) is 0 Å². The third-order valence-corrected chi connectivity index (χ3v) is 2.29. The fourth-order valence-electron chi connectivity index (χ4n) is 1.24. The molecule has 0 heterocycles. The fraction of sp³-hybridized carbons (Fsp3) is 0.333. The minimum atomic E-state index is -0.249. The van der Waals surface area contributed by atoms with E-state index in [1.807, 2.05) is 13.0 Å². The quantitative estimate of drug-likeness (QED) is 0.600. The van der Waals surface area contributed by atoms with E-state index in [4.69, 9.17) is 11.6 Å². The Morgan fingerprint density at radius 2 is 2.27 bits per heavy atom. The van der Waals surface area contributed by atoms with Gasteiger partial charge >= 0.3 is 0 Å². The summed E-state index contributed by atoms with van der Waals surface area (Å²) in [6.07, 6.45) is 5.04. The molecule has 0 radical (unpaired) electrons. The van der Waals surface area contributed by atoms with Crippen molar-refractivity contribution in [2.45, 2.75) is 19.9 Å². The SMILES string of the molecule is C/C=C/CCNCc1ccc(Cl)cc1F. The maximum absolute atomic E-state index is 13.3. The summed E-state index contributed by atoms with van der Waals surface area (Å²) in [4.78, 5) is 0. The summed E-state index contributed by atoms with van der Waals surface area (Å²) in [6.45, 7) is 3.38. The summed E-state index contributed by atoms with van der Waals surface area (Å²) < 4.78 is 13.3. The zero-order valence-corrected chi connectivity index (χ0v) is 9.52. The number of rotatable bonds is 5. The Morgan fingerprint density at radius 3 is 2.93 bits per heavy atom. The molecule has 0 aliphatic heterocycles. The highest BCUT2D eigenvalue weighted by Crippen LogP contribution is 2.14. The Morgan fingerprint density at radius 1 is 1.47 bits per heavy atom. The molecular formula is C12H15ClFN. The highest BCUT2D eigenvalue weighted by atomic mass is 35.5. The number of halogens is 2. The highest BCUT2D eigenvalue weighted by molar-refractivity contribution is 6.30. The average molecular weight is 228 g/mol. The molecule has 1 nitrogen and oxygen atoms in total. The second-order valence-electron chi connectivity index (χ2n) is 3.27. The number of hydrogen-bond acceptors (Lipinski definition) is 1. The summed E-state index contributed by atoms with van der Waals surface area (Å²) in [5, 5.41) is 3.60. The first-order valence-electron chi connectivity index (χ1n) is 5.00. The summed E-state index contributed by atoms with van der Waals surface area (Å²) in [5.41, 5.74) is 0.653. The van der Waals surface area contributed by atoms with Crippen LogP contribution < -0.4 is 5.32 Å². The van der Waals surface area contributed by atoms with E-state index in [-0.39, 0.29) is 5.82 Å². The summed E-state index contributed by atoms with van der Waals surface area (Å²) in [7, 11) is 0. The van der Waals surface area contributed by atoms with E-state index in [1.165, 1.54) is 6.07 Å². The lowest BCUT2D eigenvalue weighted by molar-refractivity contribution is 0.589. The van der Waals surface area contributed by atoms with Gasteiger partial charge in [-0.25, -0.2) is 4.39 Å². The van der Waals surface area contributed by atoms with Crippen molar-refractivity contribution in [1.29, 1.82) is 0 Å². The molecule has 0 aliphatic rings. The highest BCUT2D eigenvalue weighted by Gasteiger charge is 2.01. The Balaban J connectivity index is 2.37. The lowest BCUT2D eigenvalue weighted by atomic mass is 10.2.